The third-order valence-electron chi connectivity index (χ3n) is 7.05. The third-order valence-corrected chi connectivity index (χ3v) is 15.5. The molecule has 0 amide bonds. The fourth-order valence-corrected chi connectivity index (χ4v) is 14.8. The zero-order valence-electron chi connectivity index (χ0n) is 22.5. The van der Waals surface area contributed by atoms with Crippen molar-refractivity contribution in [3.63, 3.8) is 0 Å². The standard InChI is InChI=1S/C36H30NP2.2ClH/c1-7-19-31(20-8-1)38(32-21-9-2-10-22-32,33-23-11-3-12-24-33)37-39(34-25-13-4-14-26-34,35-27-15-5-16-28-35)36-29-17-6-18-30-36;;/h1-30H;2*1H/q+1;;. The van der Waals surface area contributed by atoms with Gasteiger partial charge in [0.2, 0.25) is 7.41 Å². The number of nitrogens with zero attached hydrogens (tertiary/aromatic N) is 1. The highest BCUT2D eigenvalue weighted by molar-refractivity contribution is 8.01. The molecule has 6 aromatic rings. The van der Waals surface area contributed by atoms with E-state index in [1.165, 1.54) is 31.8 Å². The van der Waals surface area contributed by atoms with Gasteiger partial charge in [-0.2, -0.15) is 0 Å². The number of rotatable bonds is 7. The second-order valence-electron chi connectivity index (χ2n) is 9.37. The summed E-state index contributed by atoms with van der Waals surface area (Å²) in [5, 5.41) is 7.55. The predicted molar refractivity (Wildman–Crippen MR) is 187 cm³/mol. The Labute approximate surface area is 256 Å². The van der Waals surface area contributed by atoms with Crippen LogP contribution in [0.5, 0.6) is 0 Å². The van der Waals surface area contributed by atoms with Crippen molar-refractivity contribution in [3.05, 3.63) is 182 Å². The van der Waals surface area contributed by atoms with E-state index in [1.54, 1.807) is 0 Å². The van der Waals surface area contributed by atoms with Crippen molar-refractivity contribution in [1.82, 2.24) is 0 Å². The molecule has 0 spiro atoms. The Morgan fingerprint density at radius 3 is 0.780 bits per heavy atom. The fourth-order valence-electron chi connectivity index (χ4n) is 5.27. The first kappa shape index (κ1) is 30.5. The van der Waals surface area contributed by atoms with Crippen LogP contribution in [0.2, 0.25) is 0 Å². The van der Waals surface area contributed by atoms with E-state index in [9.17, 15) is 0 Å². The summed E-state index contributed by atoms with van der Waals surface area (Å²) in [6.45, 7) is 0. The van der Waals surface area contributed by atoms with Gasteiger partial charge in [-0.15, -0.1) is 29.3 Å². The lowest BCUT2D eigenvalue weighted by Crippen LogP contribution is -2.32. The molecule has 0 bridgehead atoms. The molecule has 0 aliphatic carbocycles. The summed E-state index contributed by atoms with van der Waals surface area (Å²) < 4.78 is 6.38. The lowest BCUT2D eigenvalue weighted by Gasteiger charge is -2.31. The highest BCUT2D eigenvalue weighted by atomic mass is 35.5. The van der Waals surface area contributed by atoms with Gasteiger partial charge in [-0.05, 0) is 36.4 Å². The lowest BCUT2D eigenvalue weighted by atomic mass is 10.4. The maximum atomic E-state index is 6.38. The molecular formula is C36H32Cl2NP2+. The van der Waals surface area contributed by atoms with Crippen LogP contribution in [0.4, 0.5) is 0 Å². The van der Waals surface area contributed by atoms with Crippen molar-refractivity contribution >= 4 is 71.1 Å². The van der Waals surface area contributed by atoms with Gasteiger partial charge in [0.1, 0.15) is 23.0 Å². The minimum atomic E-state index is -2.50. The molecule has 0 aliphatic rings. The Hall–Kier alpha value is -3.44. The van der Waals surface area contributed by atoms with E-state index >= 15 is 0 Å². The molecule has 0 aliphatic heterocycles. The average Bonchev–Trinajstić information content (AvgIpc) is 3.04. The van der Waals surface area contributed by atoms with E-state index in [-0.39, 0.29) is 24.8 Å². The van der Waals surface area contributed by atoms with Crippen LogP contribution in [0.1, 0.15) is 0 Å². The Bertz CT molecular complexity index is 1480. The van der Waals surface area contributed by atoms with Crippen molar-refractivity contribution < 1.29 is 0 Å². The van der Waals surface area contributed by atoms with Crippen LogP contribution in [0.25, 0.3) is 0 Å². The zero-order valence-corrected chi connectivity index (χ0v) is 25.9. The first-order valence-corrected chi connectivity index (χ1v) is 16.7. The maximum absolute atomic E-state index is 6.38. The highest BCUT2D eigenvalue weighted by Gasteiger charge is 2.49. The molecule has 204 valence electrons. The Kier molecular flexibility index (Phi) is 10.4. The van der Waals surface area contributed by atoms with Crippen molar-refractivity contribution in [3.8, 4) is 0 Å². The normalized spacial score (nSPS) is 11.0. The van der Waals surface area contributed by atoms with Crippen molar-refractivity contribution in [2.45, 2.75) is 0 Å². The van der Waals surface area contributed by atoms with Crippen molar-refractivity contribution in [1.29, 1.82) is 0 Å². The van der Waals surface area contributed by atoms with Gasteiger partial charge in [0, 0.05) is 15.9 Å². The minimum absolute atomic E-state index is 0. The van der Waals surface area contributed by atoms with E-state index in [0.29, 0.717) is 0 Å². The number of halogens is 2. The molecule has 0 saturated heterocycles. The topological polar surface area (TPSA) is 12.4 Å². The molecule has 41 heavy (non-hydrogen) atoms. The summed E-state index contributed by atoms with van der Waals surface area (Å²) in [5.74, 6) is 0. The SMILES string of the molecule is Cl.Cl.c1ccc(P(=N[P+](c2ccccc2)(c2ccccc2)c2ccccc2)(c2ccccc2)c2ccccc2)cc1. The zero-order chi connectivity index (χ0) is 26.4. The first-order valence-electron chi connectivity index (χ1n) is 13.2. The van der Waals surface area contributed by atoms with Gasteiger partial charge in [-0.1, -0.05) is 146 Å². The van der Waals surface area contributed by atoms with E-state index < -0.39 is 14.5 Å². The van der Waals surface area contributed by atoms with Gasteiger partial charge in [0.15, 0.2) is 0 Å². The second-order valence-corrected chi connectivity index (χ2v) is 15.7. The first-order chi connectivity index (χ1) is 19.3. The average molecular weight is 612 g/mol. The van der Waals surface area contributed by atoms with Crippen LogP contribution in [0.3, 0.4) is 0 Å². The number of hydrogen-bond acceptors (Lipinski definition) is 1. The van der Waals surface area contributed by atoms with Crippen LogP contribution in [0.15, 0.2) is 187 Å². The Morgan fingerprint density at radius 1 is 0.317 bits per heavy atom. The Balaban J connectivity index is 0.00000194. The fraction of sp³-hybridized carbons (Fsp3) is 0. The van der Waals surface area contributed by atoms with Gasteiger partial charge in [-0.25, -0.2) is 0 Å². The van der Waals surface area contributed by atoms with Gasteiger partial charge < -0.3 is 0 Å². The van der Waals surface area contributed by atoms with Gasteiger partial charge in [0.05, 0.1) is 0 Å². The van der Waals surface area contributed by atoms with Crippen LogP contribution in [0, 0.1) is 0 Å². The molecule has 1 nitrogen and oxygen atoms in total. The van der Waals surface area contributed by atoms with Crippen molar-refractivity contribution in [2.24, 2.45) is 4.52 Å². The van der Waals surface area contributed by atoms with E-state index in [4.69, 9.17) is 4.52 Å². The molecular weight excluding hydrogens is 579 g/mol. The molecule has 0 unspecified atom stereocenters. The molecule has 0 N–H and O–H groups in total. The summed E-state index contributed by atoms with van der Waals surface area (Å²) in [7, 11) is -4.99. The Morgan fingerprint density at radius 2 is 0.537 bits per heavy atom. The van der Waals surface area contributed by atoms with E-state index in [1.807, 2.05) is 0 Å². The summed E-state index contributed by atoms with van der Waals surface area (Å²) in [6, 6.07) is 65.7. The van der Waals surface area contributed by atoms with Gasteiger partial charge in [0.25, 0.3) is 0 Å². The summed E-state index contributed by atoms with van der Waals surface area (Å²) in [6.07, 6.45) is 0. The van der Waals surface area contributed by atoms with Crippen LogP contribution < -0.4 is 31.8 Å². The van der Waals surface area contributed by atoms with Crippen LogP contribution in [-0.4, -0.2) is 0 Å². The number of benzene rings is 6. The monoisotopic (exact) mass is 610 g/mol. The van der Waals surface area contributed by atoms with Crippen LogP contribution in [-0.2, 0) is 0 Å². The summed E-state index contributed by atoms with van der Waals surface area (Å²) in [4.78, 5) is 0. The summed E-state index contributed by atoms with van der Waals surface area (Å²) >= 11 is 0. The smallest absolute Gasteiger partial charge is 0.147 e. The summed E-state index contributed by atoms with van der Waals surface area (Å²) in [5.41, 5.74) is 0. The third kappa shape index (κ3) is 5.83. The molecule has 6 aromatic carbocycles. The second kappa shape index (κ2) is 14.0. The predicted octanol–water partition coefficient (Wildman–Crippen LogP) is 7.92. The van der Waals surface area contributed by atoms with Gasteiger partial charge in [-0.3, -0.25) is 0 Å². The molecule has 5 heteroatoms. The molecule has 0 aromatic heterocycles. The van der Waals surface area contributed by atoms with Crippen molar-refractivity contribution in [2.75, 3.05) is 0 Å². The van der Waals surface area contributed by atoms with Gasteiger partial charge >= 0.3 is 0 Å². The largest absolute Gasteiger partial charge is 0.228 e. The van der Waals surface area contributed by atoms with E-state index in [2.05, 4.69) is 182 Å². The lowest BCUT2D eigenvalue weighted by molar-refractivity contribution is 1.67. The quantitative estimate of drug-likeness (QED) is 0.163. The van der Waals surface area contributed by atoms with E-state index in [0.717, 1.165) is 0 Å². The molecule has 0 radical (unpaired) electrons. The number of hydrogen-bond donors (Lipinski definition) is 0. The molecule has 6 rings (SSSR count). The maximum Gasteiger partial charge on any atom is 0.228 e. The van der Waals surface area contributed by atoms with Crippen LogP contribution >= 0.6 is 39.3 Å². The molecule has 0 saturated carbocycles. The highest BCUT2D eigenvalue weighted by Crippen LogP contribution is 2.65. The molecule has 0 heterocycles. The molecule has 0 fully saturated rings. The minimum Gasteiger partial charge on any atom is -0.147 e. The molecule has 0 atom stereocenters.